The van der Waals surface area contributed by atoms with E-state index in [0.717, 1.165) is 31.7 Å². The first-order chi connectivity index (χ1) is 17.8. The Balaban J connectivity index is 1.55. The highest BCUT2D eigenvalue weighted by atomic mass is 35.5. The molecule has 2 amide bonds. The number of hydrogen-bond donors (Lipinski definition) is 3. The van der Waals surface area contributed by atoms with Crippen molar-refractivity contribution in [3.63, 3.8) is 0 Å². The zero-order chi connectivity index (χ0) is 26.8. The molecule has 1 aliphatic heterocycles. The largest absolute Gasteiger partial charge is 0.368 e. The number of likely N-dealkylation sites (N-methyl/N-ethyl adjacent to an activating group) is 1. The summed E-state index contributed by atoms with van der Waals surface area (Å²) in [5.74, 6) is -0.225. The number of hydrogen-bond acceptors (Lipinski definition) is 6. The van der Waals surface area contributed by atoms with Crippen molar-refractivity contribution >= 4 is 40.7 Å². The van der Waals surface area contributed by atoms with Crippen LogP contribution >= 0.6 is 23.2 Å². The normalized spacial score (nSPS) is 15.4. The fourth-order valence-electron chi connectivity index (χ4n) is 4.32. The molecule has 3 N–H and O–H groups in total. The summed E-state index contributed by atoms with van der Waals surface area (Å²) < 4.78 is 5.21. The summed E-state index contributed by atoms with van der Waals surface area (Å²) in [6.45, 7) is 5.71. The maximum atomic E-state index is 13.2. The maximum Gasteiger partial charge on any atom is 0.234 e. The quantitative estimate of drug-likeness (QED) is 0.352. The SMILES string of the molecule is CNCC(=O)NC(CC(=O)N1CCN(c2ccc(CCNC(C)OC)cc2)CC1)c1ccc(Cl)cc1Cl. The Morgan fingerprint density at radius 1 is 1.05 bits per heavy atom. The Hall–Kier alpha value is -2.36. The van der Waals surface area contributed by atoms with Crippen molar-refractivity contribution in [3.8, 4) is 0 Å². The van der Waals surface area contributed by atoms with Crippen LogP contribution in [-0.2, 0) is 20.7 Å². The number of benzene rings is 2. The molecule has 0 aliphatic carbocycles. The van der Waals surface area contributed by atoms with Gasteiger partial charge in [0.05, 0.1) is 19.0 Å². The summed E-state index contributed by atoms with van der Waals surface area (Å²) in [4.78, 5) is 29.7. The second-order valence-corrected chi connectivity index (χ2v) is 9.98. The number of nitrogens with one attached hydrogen (secondary N) is 3. The van der Waals surface area contributed by atoms with Crippen LogP contribution < -0.4 is 20.9 Å². The van der Waals surface area contributed by atoms with Crippen LogP contribution in [0, 0.1) is 0 Å². The molecule has 0 spiro atoms. The number of amides is 2. The number of anilines is 1. The Bertz CT molecular complexity index is 1030. The molecule has 1 heterocycles. The van der Waals surface area contributed by atoms with E-state index in [1.165, 1.54) is 5.56 Å². The summed E-state index contributed by atoms with van der Waals surface area (Å²) in [6.07, 6.45) is 1.10. The smallest absolute Gasteiger partial charge is 0.234 e. The Labute approximate surface area is 229 Å². The van der Waals surface area contributed by atoms with Crippen molar-refractivity contribution in [2.24, 2.45) is 0 Å². The van der Waals surface area contributed by atoms with Gasteiger partial charge < -0.3 is 25.2 Å². The number of piperazine rings is 1. The summed E-state index contributed by atoms with van der Waals surface area (Å²) >= 11 is 12.5. The van der Waals surface area contributed by atoms with Crippen LogP contribution in [0.25, 0.3) is 0 Å². The number of nitrogens with zero attached hydrogens (tertiary/aromatic N) is 2. The summed E-state index contributed by atoms with van der Waals surface area (Å²) in [5, 5.41) is 10.00. The maximum absolute atomic E-state index is 13.2. The van der Waals surface area contributed by atoms with E-state index in [-0.39, 0.29) is 31.0 Å². The molecule has 2 atom stereocenters. The first-order valence-electron chi connectivity index (χ1n) is 12.6. The van der Waals surface area contributed by atoms with Gasteiger partial charge in [-0.3, -0.25) is 14.9 Å². The van der Waals surface area contributed by atoms with Crippen molar-refractivity contribution in [1.82, 2.24) is 20.9 Å². The molecule has 202 valence electrons. The lowest BCUT2D eigenvalue weighted by atomic mass is 10.0. The number of rotatable bonds is 12. The molecule has 1 saturated heterocycles. The number of methoxy groups -OCH3 is 1. The third-order valence-corrected chi connectivity index (χ3v) is 7.08. The third-order valence-electron chi connectivity index (χ3n) is 6.52. The van der Waals surface area contributed by atoms with Crippen LogP contribution in [0.3, 0.4) is 0 Å². The Morgan fingerprint density at radius 3 is 2.38 bits per heavy atom. The standard InChI is InChI=1S/C27H37Cl2N5O3/c1-19(37-3)31-11-10-20-4-7-22(8-5-20)33-12-14-34(15-13-33)27(36)17-25(32-26(35)18-30-2)23-9-6-21(28)16-24(23)29/h4-9,16,19,25,30-31H,10-15,17-18H2,1-3H3,(H,32,35). The molecule has 2 aromatic rings. The summed E-state index contributed by atoms with van der Waals surface area (Å²) in [7, 11) is 3.39. The van der Waals surface area contributed by atoms with Crippen molar-refractivity contribution in [3.05, 3.63) is 63.6 Å². The molecule has 0 aromatic heterocycles. The minimum atomic E-state index is -0.537. The molecule has 1 aliphatic rings. The number of halogens is 2. The highest BCUT2D eigenvalue weighted by molar-refractivity contribution is 6.35. The van der Waals surface area contributed by atoms with Crippen LogP contribution in [0.2, 0.25) is 10.0 Å². The van der Waals surface area contributed by atoms with Crippen LogP contribution in [0.15, 0.2) is 42.5 Å². The van der Waals surface area contributed by atoms with E-state index in [0.29, 0.717) is 28.7 Å². The van der Waals surface area contributed by atoms with Gasteiger partial charge in [0.25, 0.3) is 0 Å². The van der Waals surface area contributed by atoms with Crippen LogP contribution in [0.4, 0.5) is 5.69 Å². The van der Waals surface area contributed by atoms with Crippen LogP contribution in [-0.4, -0.2) is 76.4 Å². The molecule has 37 heavy (non-hydrogen) atoms. The van der Waals surface area contributed by atoms with E-state index in [1.807, 2.05) is 11.8 Å². The molecule has 0 radical (unpaired) electrons. The lowest BCUT2D eigenvalue weighted by Gasteiger charge is -2.37. The molecule has 2 unspecified atom stereocenters. The zero-order valence-electron chi connectivity index (χ0n) is 21.7. The fourth-order valence-corrected chi connectivity index (χ4v) is 4.86. The average molecular weight is 551 g/mol. The molecule has 8 nitrogen and oxygen atoms in total. The molecule has 2 aromatic carbocycles. The summed E-state index contributed by atoms with van der Waals surface area (Å²) in [6, 6.07) is 13.2. The minimum Gasteiger partial charge on any atom is -0.368 e. The van der Waals surface area contributed by atoms with Crippen molar-refractivity contribution < 1.29 is 14.3 Å². The Kier molecular flexibility index (Phi) is 11.5. The number of carbonyl (C=O) groups excluding carboxylic acids is 2. The van der Waals surface area contributed by atoms with Gasteiger partial charge in [0, 0.05) is 55.6 Å². The van der Waals surface area contributed by atoms with Gasteiger partial charge in [-0.25, -0.2) is 0 Å². The average Bonchev–Trinajstić information content (AvgIpc) is 2.89. The predicted molar refractivity (Wildman–Crippen MR) is 149 cm³/mol. The van der Waals surface area contributed by atoms with Crippen molar-refractivity contribution in [1.29, 1.82) is 0 Å². The minimum absolute atomic E-state index is 0.0199. The van der Waals surface area contributed by atoms with Gasteiger partial charge in [-0.15, -0.1) is 0 Å². The first kappa shape index (κ1) is 29.2. The molecular formula is C27H37Cl2N5O3. The van der Waals surface area contributed by atoms with E-state index >= 15 is 0 Å². The molecule has 10 heteroatoms. The van der Waals surface area contributed by atoms with Crippen LogP contribution in [0.1, 0.15) is 30.5 Å². The van der Waals surface area contributed by atoms with Crippen LogP contribution in [0.5, 0.6) is 0 Å². The van der Waals surface area contributed by atoms with E-state index < -0.39 is 6.04 Å². The lowest BCUT2D eigenvalue weighted by Crippen LogP contribution is -2.49. The molecule has 1 fully saturated rings. The van der Waals surface area contributed by atoms with Gasteiger partial charge in [-0.05, 0) is 55.8 Å². The summed E-state index contributed by atoms with van der Waals surface area (Å²) in [5.41, 5.74) is 3.09. The van der Waals surface area contributed by atoms with Gasteiger partial charge in [0.15, 0.2) is 0 Å². The highest BCUT2D eigenvalue weighted by Crippen LogP contribution is 2.29. The first-order valence-corrected chi connectivity index (χ1v) is 13.3. The fraction of sp³-hybridized carbons (Fsp3) is 0.481. The second kappa shape index (κ2) is 14.5. The van der Waals surface area contributed by atoms with E-state index in [4.69, 9.17) is 27.9 Å². The third kappa shape index (κ3) is 8.86. The van der Waals surface area contributed by atoms with E-state index in [1.54, 1.807) is 32.4 Å². The number of ether oxygens (including phenoxy) is 1. The van der Waals surface area contributed by atoms with E-state index in [2.05, 4.69) is 45.1 Å². The molecule has 3 rings (SSSR count). The van der Waals surface area contributed by atoms with Gasteiger partial charge in [-0.2, -0.15) is 0 Å². The zero-order valence-corrected chi connectivity index (χ0v) is 23.2. The Morgan fingerprint density at radius 2 is 1.76 bits per heavy atom. The second-order valence-electron chi connectivity index (χ2n) is 9.14. The van der Waals surface area contributed by atoms with Crippen molar-refractivity contribution in [2.45, 2.75) is 32.0 Å². The molecular weight excluding hydrogens is 513 g/mol. The van der Waals surface area contributed by atoms with Gasteiger partial charge in [0.1, 0.15) is 6.23 Å². The monoisotopic (exact) mass is 549 g/mol. The van der Waals surface area contributed by atoms with Gasteiger partial charge >= 0.3 is 0 Å². The number of carbonyl (C=O) groups is 2. The topological polar surface area (TPSA) is 85.9 Å². The lowest BCUT2D eigenvalue weighted by molar-refractivity contribution is -0.132. The van der Waals surface area contributed by atoms with Crippen molar-refractivity contribution in [2.75, 3.05) is 58.3 Å². The highest BCUT2D eigenvalue weighted by Gasteiger charge is 2.26. The predicted octanol–water partition coefficient (Wildman–Crippen LogP) is 3.23. The van der Waals surface area contributed by atoms with Gasteiger partial charge in [-0.1, -0.05) is 41.4 Å². The van der Waals surface area contributed by atoms with E-state index in [9.17, 15) is 9.59 Å². The molecule has 0 saturated carbocycles. The molecule has 0 bridgehead atoms. The van der Waals surface area contributed by atoms with Gasteiger partial charge in [0.2, 0.25) is 11.8 Å².